The van der Waals surface area contributed by atoms with Gasteiger partial charge in [0, 0.05) is 24.1 Å². The molecule has 5 nitrogen and oxygen atoms in total. The summed E-state index contributed by atoms with van der Waals surface area (Å²) >= 11 is 0. The maximum atomic E-state index is 12.2. The molecule has 1 atom stereocenters. The van der Waals surface area contributed by atoms with Crippen LogP contribution in [0.5, 0.6) is 5.75 Å². The van der Waals surface area contributed by atoms with Crippen LogP contribution in [0.3, 0.4) is 0 Å². The van der Waals surface area contributed by atoms with Crippen molar-refractivity contribution in [2.45, 2.75) is 12.9 Å². The molecule has 27 heavy (non-hydrogen) atoms. The highest BCUT2D eigenvalue weighted by Gasteiger charge is 2.09. The van der Waals surface area contributed by atoms with Gasteiger partial charge in [-0.2, -0.15) is 0 Å². The van der Waals surface area contributed by atoms with Crippen molar-refractivity contribution in [2.75, 3.05) is 7.11 Å². The Morgan fingerprint density at radius 1 is 0.963 bits per heavy atom. The fourth-order valence-corrected chi connectivity index (χ4v) is 3.03. The number of methoxy groups -OCH3 is 1. The van der Waals surface area contributed by atoms with Crippen molar-refractivity contribution in [1.82, 2.24) is 0 Å². The van der Waals surface area contributed by atoms with Crippen LogP contribution in [-0.2, 0) is 11.3 Å². The minimum absolute atomic E-state index is 0.354. The number of hydrogen-bond acceptors (Lipinski definition) is 5. The number of ether oxygens (including phenoxy) is 2. The molecule has 0 saturated heterocycles. The second-order valence-electron chi connectivity index (χ2n) is 6.21. The monoisotopic (exact) mass is 362 g/mol. The smallest absolute Gasteiger partial charge is 0.344 e. The highest BCUT2D eigenvalue weighted by Crippen LogP contribution is 2.26. The Bertz CT molecular complexity index is 1140. The second kappa shape index (κ2) is 7.23. The summed E-state index contributed by atoms with van der Waals surface area (Å²) in [6.07, 6.45) is -0.932. The maximum absolute atomic E-state index is 12.2. The van der Waals surface area contributed by atoms with Crippen LogP contribution in [-0.4, -0.2) is 12.2 Å². The molecule has 5 heteroatoms. The molecule has 4 rings (SSSR count). The number of rotatable bonds is 5. The summed E-state index contributed by atoms with van der Waals surface area (Å²) < 4.78 is 16.1. The largest absolute Gasteiger partial charge is 0.489 e. The molecule has 1 unspecified atom stereocenters. The first-order valence-corrected chi connectivity index (χ1v) is 8.54. The zero-order valence-corrected chi connectivity index (χ0v) is 14.7. The van der Waals surface area contributed by atoms with E-state index in [-0.39, 0.29) is 5.63 Å². The van der Waals surface area contributed by atoms with Gasteiger partial charge in [-0.15, -0.1) is 0 Å². The first kappa shape index (κ1) is 17.3. The summed E-state index contributed by atoms with van der Waals surface area (Å²) in [5, 5.41) is 11.9. The first-order valence-electron chi connectivity index (χ1n) is 8.54. The van der Waals surface area contributed by atoms with Crippen LogP contribution >= 0.6 is 0 Å². The Balaban J connectivity index is 1.58. The Labute approximate surface area is 155 Å². The minimum atomic E-state index is -0.932. The molecular weight excluding hydrogens is 344 g/mol. The van der Waals surface area contributed by atoms with Crippen LogP contribution in [0.4, 0.5) is 0 Å². The van der Waals surface area contributed by atoms with Crippen LogP contribution in [0.2, 0.25) is 0 Å². The quantitative estimate of drug-likeness (QED) is 0.328. The molecule has 0 amide bonds. The first-order chi connectivity index (χ1) is 13.2. The Morgan fingerprint density at radius 2 is 1.70 bits per heavy atom. The highest BCUT2D eigenvalue weighted by molar-refractivity contribution is 6.04. The molecule has 1 aromatic heterocycles. The Morgan fingerprint density at radius 3 is 2.44 bits per heavy atom. The molecular formula is C22H18O5. The van der Waals surface area contributed by atoms with Gasteiger partial charge in [0.05, 0.1) is 5.39 Å². The number of benzene rings is 3. The van der Waals surface area contributed by atoms with Gasteiger partial charge in [0.25, 0.3) is 0 Å². The van der Waals surface area contributed by atoms with Gasteiger partial charge >= 0.3 is 5.63 Å². The average molecular weight is 362 g/mol. The normalized spacial score (nSPS) is 12.4. The molecule has 0 bridgehead atoms. The molecule has 136 valence electrons. The molecule has 0 aliphatic carbocycles. The van der Waals surface area contributed by atoms with E-state index in [0.29, 0.717) is 28.9 Å². The van der Waals surface area contributed by atoms with Crippen LogP contribution in [0.1, 0.15) is 17.4 Å². The molecule has 1 N–H and O–H groups in total. The van der Waals surface area contributed by atoms with Gasteiger partial charge in [-0.1, -0.05) is 42.5 Å². The van der Waals surface area contributed by atoms with E-state index < -0.39 is 6.29 Å². The lowest BCUT2D eigenvalue weighted by molar-refractivity contribution is -0.0769. The molecule has 0 fully saturated rings. The van der Waals surface area contributed by atoms with Gasteiger partial charge in [-0.25, -0.2) is 4.79 Å². The number of hydrogen-bond donors (Lipinski definition) is 1. The molecule has 0 radical (unpaired) electrons. The van der Waals surface area contributed by atoms with Gasteiger partial charge in [0.1, 0.15) is 17.9 Å². The molecule has 0 saturated carbocycles. The zero-order valence-electron chi connectivity index (χ0n) is 14.7. The third kappa shape index (κ3) is 3.43. The van der Waals surface area contributed by atoms with Crippen LogP contribution in [0.25, 0.3) is 21.7 Å². The summed E-state index contributed by atoms with van der Waals surface area (Å²) in [6.45, 7) is 0.354. The molecule has 0 aliphatic rings. The van der Waals surface area contributed by atoms with E-state index >= 15 is 0 Å². The van der Waals surface area contributed by atoms with Crippen molar-refractivity contribution in [1.29, 1.82) is 0 Å². The van der Waals surface area contributed by atoms with Gasteiger partial charge in [0.2, 0.25) is 0 Å². The predicted molar refractivity (Wildman–Crippen MR) is 103 cm³/mol. The molecule has 0 spiro atoms. The van der Waals surface area contributed by atoms with Gasteiger partial charge in [-0.05, 0) is 29.1 Å². The lowest BCUT2D eigenvalue weighted by Crippen LogP contribution is -2.01. The van der Waals surface area contributed by atoms with Crippen molar-refractivity contribution in [3.63, 3.8) is 0 Å². The summed E-state index contributed by atoms with van der Waals surface area (Å²) in [4.78, 5) is 12.2. The number of fused-ring (bicyclic) bond motifs is 3. The number of aliphatic hydroxyl groups is 1. The Hall–Kier alpha value is -3.15. The standard InChI is InChI=1S/C22H18O5/c1-25-21(23)15-8-6-14(7-9-15)13-26-16-10-11-18-17-4-2-3-5-19(17)22(24)27-20(18)12-16/h2-12,21,23H,13H2,1H3. The summed E-state index contributed by atoms with van der Waals surface area (Å²) in [5.74, 6) is 0.613. The van der Waals surface area contributed by atoms with E-state index in [1.165, 1.54) is 7.11 Å². The van der Waals surface area contributed by atoms with E-state index in [4.69, 9.17) is 13.9 Å². The predicted octanol–water partition coefficient (Wildman–Crippen LogP) is 4.16. The van der Waals surface area contributed by atoms with Crippen LogP contribution in [0, 0.1) is 0 Å². The lowest BCUT2D eigenvalue weighted by Gasteiger charge is -2.11. The molecule has 4 aromatic rings. The van der Waals surface area contributed by atoms with E-state index in [1.54, 1.807) is 24.3 Å². The van der Waals surface area contributed by atoms with E-state index in [0.717, 1.165) is 16.3 Å². The van der Waals surface area contributed by atoms with Gasteiger partial charge < -0.3 is 19.0 Å². The molecule has 3 aromatic carbocycles. The van der Waals surface area contributed by atoms with Crippen molar-refractivity contribution >= 4 is 21.7 Å². The third-order valence-electron chi connectivity index (χ3n) is 4.49. The van der Waals surface area contributed by atoms with Crippen molar-refractivity contribution in [3.05, 3.63) is 88.3 Å². The second-order valence-corrected chi connectivity index (χ2v) is 6.21. The van der Waals surface area contributed by atoms with Gasteiger partial charge in [-0.3, -0.25) is 0 Å². The SMILES string of the molecule is COC(O)c1ccc(COc2ccc3c(c2)oc(=O)c2ccccc23)cc1. The fraction of sp³-hybridized carbons (Fsp3) is 0.136. The third-order valence-corrected chi connectivity index (χ3v) is 4.49. The van der Waals surface area contributed by atoms with Crippen molar-refractivity contribution < 1.29 is 19.0 Å². The summed E-state index contributed by atoms with van der Waals surface area (Å²) in [6, 6.07) is 20.2. The maximum Gasteiger partial charge on any atom is 0.344 e. The van der Waals surface area contributed by atoms with Crippen LogP contribution in [0.15, 0.2) is 75.9 Å². The molecule has 0 aliphatic heterocycles. The zero-order chi connectivity index (χ0) is 18.8. The highest BCUT2D eigenvalue weighted by atomic mass is 16.6. The average Bonchev–Trinajstić information content (AvgIpc) is 2.72. The van der Waals surface area contributed by atoms with E-state index in [2.05, 4.69) is 0 Å². The van der Waals surface area contributed by atoms with E-state index in [1.807, 2.05) is 42.5 Å². The van der Waals surface area contributed by atoms with Crippen molar-refractivity contribution in [3.8, 4) is 5.75 Å². The van der Waals surface area contributed by atoms with E-state index in [9.17, 15) is 9.90 Å². The van der Waals surface area contributed by atoms with Gasteiger partial charge in [0.15, 0.2) is 6.29 Å². The minimum Gasteiger partial charge on any atom is -0.489 e. The summed E-state index contributed by atoms with van der Waals surface area (Å²) in [5.41, 5.74) is 1.76. The Kier molecular flexibility index (Phi) is 4.62. The lowest BCUT2D eigenvalue weighted by atomic mass is 10.1. The van der Waals surface area contributed by atoms with Crippen molar-refractivity contribution in [2.24, 2.45) is 0 Å². The molecule has 1 heterocycles. The van der Waals surface area contributed by atoms with Crippen LogP contribution < -0.4 is 10.4 Å². The fourth-order valence-electron chi connectivity index (χ4n) is 3.03. The topological polar surface area (TPSA) is 68.9 Å². The summed E-state index contributed by atoms with van der Waals surface area (Å²) in [7, 11) is 1.45. The number of aliphatic hydroxyl groups excluding tert-OH is 1.